The van der Waals surface area contributed by atoms with E-state index in [9.17, 15) is 14.4 Å². The van der Waals surface area contributed by atoms with Gasteiger partial charge >= 0.3 is 5.97 Å². The highest BCUT2D eigenvalue weighted by molar-refractivity contribution is 5.95. The summed E-state index contributed by atoms with van der Waals surface area (Å²) in [6, 6.07) is 14.3. The van der Waals surface area contributed by atoms with Crippen LogP contribution in [0.2, 0.25) is 0 Å². The Morgan fingerprint density at radius 2 is 1.58 bits per heavy atom. The molecule has 0 radical (unpaired) electrons. The molecule has 2 aromatic rings. The first kappa shape index (κ1) is 22.3. The molecule has 31 heavy (non-hydrogen) atoms. The van der Waals surface area contributed by atoms with Gasteiger partial charge in [-0.15, -0.1) is 0 Å². The van der Waals surface area contributed by atoms with Crippen molar-refractivity contribution in [2.75, 3.05) is 20.3 Å². The fourth-order valence-electron chi connectivity index (χ4n) is 3.09. The Hall–Kier alpha value is -3.35. The number of rotatable bonds is 11. The molecule has 0 aromatic heterocycles. The molecule has 0 spiro atoms. The lowest BCUT2D eigenvalue weighted by Gasteiger charge is -2.22. The molecule has 0 bridgehead atoms. The first-order valence-corrected chi connectivity index (χ1v) is 10.3. The van der Waals surface area contributed by atoms with Gasteiger partial charge in [-0.2, -0.15) is 0 Å². The summed E-state index contributed by atoms with van der Waals surface area (Å²) in [6.07, 6.45) is 2.34. The van der Waals surface area contributed by atoms with Gasteiger partial charge in [0.1, 0.15) is 11.5 Å². The molecule has 3 rings (SSSR count). The molecule has 0 aliphatic heterocycles. The van der Waals surface area contributed by atoms with Gasteiger partial charge in [0.2, 0.25) is 0 Å². The molecular weight excluding hydrogens is 398 g/mol. The number of Topliss-reactive ketones (excluding diaryl/α,β-unsaturated/α-hetero) is 1. The maximum atomic E-state index is 12.6. The molecule has 0 heterocycles. The van der Waals surface area contributed by atoms with Gasteiger partial charge in [0, 0.05) is 24.6 Å². The van der Waals surface area contributed by atoms with Crippen LogP contribution in [0.3, 0.4) is 0 Å². The second-order valence-corrected chi connectivity index (χ2v) is 7.35. The van der Waals surface area contributed by atoms with E-state index in [1.165, 1.54) is 0 Å². The third-order valence-corrected chi connectivity index (χ3v) is 5.03. The second-order valence-electron chi connectivity index (χ2n) is 7.35. The van der Waals surface area contributed by atoms with E-state index in [1.807, 2.05) is 24.3 Å². The van der Waals surface area contributed by atoms with E-state index in [0.29, 0.717) is 24.3 Å². The normalized spacial score (nSPS) is 12.7. The fraction of sp³-hybridized carbons (Fsp3) is 0.375. The summed E-state index contributed by atoms with van der Waals surface area (Å²) in [7, 11) is 1.61. The summed E-state index contributed by atoms with van der Waals surface area (Å²) < 4.78 is 15.7. The molecule has 0 atom stereocenters. The molecule has 2 aromatic carbocycles. The van der Waals surface area contributed by atoms with Gasteiger partial charge in [0.25, 0.3) is 5.91 Å². The van der Waals surface area contributed by atoms with E-state index in [2.05, 4.69) is 0 Å². The number of benzene rings is 2. The van der Waals surface area contributed by atoms with E-state index in [4.69, 9.17) is 14.2 Å². The average Bonchev–Trinajstić information content (AvgIpc) is 3.65. The van der Waals surface area contributed by atoms with E-state index in [-0.39, 0.29) is 30.9 Å². The molecule has 1 aliphatic rings. The molecule has 1 saturated carbocycles. The molecular formula is C24H27NO6. The quantitative estimate of drug-likeness (QED) is 0.405. The number of nitrogens with zero attached hydrogens (tertiary/aromatic N) is 1. The third kappa shape index (κ3) is 6.57. The van der Waals surface area contributed by atoms with Gasteiger partial charge in [-0.3, -0.25) is 9.59 Å². The van der Waals surface area contributed by atoms with Crippen molar-refractivity contribution in [3.63, 3.8) is 0 Å². The number of carbonyl (C=O) groups is 3. The standard InChI is InChI=1S/C24H27NO6/c1-3-22(26)18-6-12-21(13-7-18)30-16-24(28)31-15-23(27)25(19-8-9-19)14-17-4-10-20(29-2)11-5-17/h4-7,10-13,19H,3,8-9,14-16H2,1-2H3. The van der Waals surface area contributed by atoms with E-state index in [0.717, 1.165) is 24.2 Å². The molecule has 1 fully saturated rings. The van der Waals surface area contributed by atoms with Crippen molar-refractivity contribution in [2.45, 2.75) is 38.8 Å². The van der Waals surface area contributed by atoms with Gasteiger partial charge < -0.3 is 19.1 Å². The molecule has 1 amide bonds. The van der Waals surface area contributed by atoms with Crippen molar-refractivity contribution in [1.82, 2.24) is 4.90 Å². The maximum Gasteiger partial charge on any atom is 0.344 e. The Balaban J connectivity index is 1.45. The van der Waals surface area contributed by atoms with Crippen molar-refractivity contribution in [3.05, 3.63) is 59.7 Å². The summed E-state index contributed by atoms with van der Waals surface area (Å²) in [5, 5.41) is 0. The first-order chi connectivity index (χ1) is 15.0. The zero-order valence-electron chi connectivity index (χ0n) is 17.8. The van der Waals surface area contributed by atoms with E-state index < -0.39 is 5.97 Å². The van der Waals surface area contributed by atoms with Gasteiger partial charge in [-0.05, 0) is 54.8 Å². The number of hydrogen-bond donors (Lipinski definition) is 0. The van der Waals surface area contributed by atoms with Crippen LogP contribution in [-0.2, 0) is 20.9 Å². The Kier molecular flexibility index (Phi) is 7.65. The van der Waals surface area contributed by atoms with Crippen LogP contribution in [0.4, 0.5) is 0 Å². The van der Waals surface area contributed by atoms with Crippen molar-refractivity contribution in [1.29, 1.82) is 0 Å². The molecule has 1 aliphatic carbocycles. The zero-order valence-corrected chi connectivity index (χ0v) is 17.8. The Morgan fingerprint density at radius 1 is 0.935 bits per heavy atom. The van der Waals surface area contributed by atoms with Gasteiger partial charge in [0.15, 0.2) is 19.0 Å². The van der Waals surface area contributed by atoms with Crippen LogP contribution in [0.5, 0.6) is 11.5 Å². The molecule has 7 heteroatoms. The van der Waals surface area contributed by atoms with Crippen molar-refractivity contribution < 1.29 is 28.6 Å². The maximum absolute atomic E-state index is 12.6. The number of ether oxygens (including phenoxy) is 3. The lowest BCUT2D eigenvalue weighted by molar-refractivity contribution is -0.154. The lowest BCUT2D eigenvalue weighted by atomic mass is 10.1. The summed E-state index contributed by atoms with van der Waals surface area (Å²) >= 11 is 0. The summed E-state index contributed by atoms with van der Waals surface area (Å²) in [5.41, 5.74) is 1.58. The number of methoxy groups -OCH3 is 1. The van der Waals surface area contributed by atoms with Crippen LogP contribution < -0.4 is 9.47 Å². The number of hydrogen-bond acceptors (Lipinski definition) is 6. The van der Waals surface area contributed by atoms with Crippen molar-refractivity contribution >= 4 is 17.7 Å². The van der Waals surface area contributed by atoms with Crippen LogP contribution in [0.1, 0.15) is 42.1 Å². The van der Waals surface area contributed by atoms with Crippen molar-refractivity contribution in [3.8, 4) is 11.5 Å². The highest BCUT2D eigenvalue weighted by Crippen LogP contribution is 2.29. The molecule has 0 N–H and O–H groups in total. The van der Waals surface area contributed by atoms with E-state index in [1.54, 1.807) is 43.2 Å². The van der Waals surface area contributed by atoms with Gasteiger partial charge in [-0.25, -0.2) is 4.79 Å². The predicted molar refractivity (Wildman–Crippen MR) is 114 cm³/mol. The predicted octanol–water partition coefficient (Wildman–Crippen LogP) is 3.40. The van der Waals surface area contributed by atoms with Crippen LogP contribution in [0.25, 0.3) is 0 Å². The lowest BCUT2D eigenvalue weighted by Crippen LogP contribution is -2.36. The smallest absolute Gasteiger partial charge is 0.344 e. The van der Waals surface area contributed by atoms with E-state index >= 15 is 0 Å². The first-order valence-electron chi connectivity index (χ1n) is 10.3. The second kappa shape index (κ2) is 10.6. The minimum Gasteiger partial charge on any atom is -0.497 e. The monoisotopic (exact) mass is 425 g/mol. The van der Waals surface area contributed by atoms with Crippen molar-refractivity contribution in [2.24, 2.45) is 0 Å². The molecule has 7 nitrogen and oxygen atoms in total. The van der Waals surface area contributed by atoms with Gasteiger partial charge in [0.05, 0.1) is 7.11 Å². The SMILES string of the molecule is CCC(=O)c1ccc(OCC(=O)OCC(=O)N(Cc2ccc(OC)cc2)C2CC2)cc1. The number of carbonyl (C=O) groups excluding carboxylic acids is 3. The summed E-state index contributed by atoms with van der Waals surface area (Å²) in [4.78, 5) is 38.0. The number of amides is 1. The van der Waals surface area contributed by atoms with Crippen LogP contribution >= 0.6 is 0 Å². The Morgan fingerprint density at radius 3 is 2.16 bits per heavy atom. The number of ketones is 1. The minimum absolute atomic E-state index is 0.0410. The average molecular weight is 425 g/mol. The summed E-state index contributed by atoms with van der Waals surface area (Å²) in [6.45, 7) is 1.63. The van der Waals surface area contributed by atoms with Crippen LogP contribution in [-0.4, -0.2) is 48.9 Å². The third-order valence-electron chi connectivity index (χ3n) is 5.03. The highest BCUT2D eigenvalue weighted by atomic mass is 16.6. The topological polar surface area (TPSA) is 82.1 Å². The van der Waals surface area contributed by atoms with Gasteiger partial charge in [-0.1, -0.05) is 19.1 Å². The molecule has 0 unspecified atom stereocenters. The zero-order chi connectivity index (χ0) is 22.2. The molecule has 164 valence electrons. The summed E-state index contributed by atoms with van der Waals surface area (Å²) in [5.74, 6) is 0.402. The van der Waals surface area contributed by atoms with Crippen LogP contribution in [0.15, 0.2) is 48.5 Å². The Labute approximate surface area is 181 Å². The number of esters is 1. The highest BCUT2D eigenvalue weighted by Gasteiger charge is 2.33. The molecule has 0 saturated heterocycles. The largest absolute Gasteiger partial charge is 0.497 e. The minimum atomic E-state index is -0.623. The Bertz CT molecular complexity index is 903. The fourth-order valence-corrected chi connectivity index (χ4v) is 3.09. The van der Waals surface area contributed by atoms with Crippen LogP contribution in [0, 0.1) is 0 Å².